The third-order valence-corrected chi connectivity index (χ3v) is 7.88. The molecular weight excluding hydrogens is 562 g/mol. The number of anilines is 4. The highest BCUT2D eigenvalue weighted by Crippen LogP contribution is 2.31. The van der Waals surface area contributed by atoms with Gasteiger partial charge in [-0.25, -0.2) is 8.42 Å². The zero-order chi connectivity index (χ0) is 26.4. The van der Waals surface area contributed by atoms with Crippen molar-refractivity contribution in [2.45, 2.75) is 15.5 Å². The first-order chi connectivity index (χ1) is 17.7. The second-order valence-corrected chi connectivity index (χ2v) is 11.4. The number of hydrogen-bond acceptors (Lipinski definition) is 6. The van der Waals surface area contributed by atoms with Crippen molar-refractivity contribution in [3.63, 3.8) is 0 Å². The molecule has 1 heterocycles. The van der Waals surface area contributed by atoms with Crippen LogP contribution in [0.4, 0.5) is 31.5 Å². The maximum absolute atomic E-state index is 13.5. The van der Waals surface area contributed by atoms with E-state index in [4.69, 9.17) is 28.6 Å². The van der Waals surface area contributed by atoms with Crippen molar-refractivity contribution < 1.29 is 21.9 Å². The Labute approximate surface area is 228 Å². The van der Waals surface area contributed by atoms with E-state index >= 15 is 0 Å². The molecule has 0 saturated carbocycles. The monoisotopic (exact) mass is 584 g/mol. The minimum Gasteiger partial charge on any atom is -0.378 e. The molecule has 3 aromatic rings. The molecule has 0 aliphatic carbocycles. The molecule has 1 fully saturated rings. The lowest BCUT2D eigenvalue weighted by atomic mass is 10.2. The third kappa shape index (κ3) is 7.68. The Balaban J connectivity index is 1.55. The molecule has 1 aliphatic rings. The summed E-state index contributed by atoms with van der Waals surface area (Å²) < 4.78 is 60.0. The summed E-state index contributed by atoms with van der Waals surface area (Å²) in [6.45, 7) is 2.09. The van der Waals surface area contributed by atoms with Crippen LogP contribution in [0.25, 0.3) is 0 Å². The van der Waals surface area contributed by atoms with Crippen LogP contribution in [0.15, 0.2) is 76.5 Å². The Bertz CT molecular complexity index is 1340. The second kappa shape index (κ2) is 12.3. The summed E-state index contributed by atoms with van der Waals surface area (Å²) in [6, 6.07) is 17.7. The van der Waals surface area contributed by atoms with Crippen LogP contribution in [0.1, 0.15) is 0 Å². The Morgan fingerprint density at radius 1 is 0.946 bits per heavy atom. The van der Waals surface area contributed by atoms with Crippen LogP contribution >= 0.6 is 35.6 Å². The lowest BCUT2D eigenvalue weighted by Crippen LogP contribution is -2.37. The first-order valence-electron chi connectivity index (χ1n) is 11.1. The van der Waals surface area contributed by atoms with Crippen LogP contribution in [-0.2, 0) is 14.8 Å². The number of benzene rings is 3. The van der Waals surface area contributed by atoms with Crippen molar-refractivity contribution in [2.24, 2.45) is 0 Å². The molecule has 7 nitrogen and oxygen atoms in total. The van der Waals surface area contributed by atoms with Gasteiger partial charge in [0.25, 0.3) is 15.8 Å². The molecular formula is C24H23ClF2N4O3S3. The molecule has 4 rings (SSSR count). The Morgan fingerprint density at radius 3 is 2.19 bits per heavy atom. The van der Waals surface area contributed by atoms with E-state index in [0.717, 1.165) is 0 Å². The van der Waals surface area contributed by atoms with Gasteiger partial charge in [0.1, 0.15) is 4.90 Å². The van der Waals surface area contributed by atoms with E-state index in [9.17, 15) is 17.2 Å². The minimum absolute atomic E-state index is 0.0746. The Morgan fingerprint density at radius 2 is 1.54 bits per heavy atom. The van der Waals surface area contributed by atoms with Crippen LogP contribution in [0.5, 0.6) is 0 Å². The zero-order valence-corrected chi connectivity index (χ0v) is 22.5. The van der Waals surface area contributed by atoms with Gasteiger partial charge in [0, 0.05) is 40.1 Å². The number of thioether (sulfide) groups is 1. The fourth-order valence-electron chi connectivity index (χ4n) is 3.61. The molecule has 0 aromatic heterocycles. The average Bonchev–Trinajstić information content (AvgIpc) is 2.87. The molecule has 0 unspecified atom stereocenters. The van der Waals surface area contributed by atoms with E-state index < -0.39 is 15.8 Å². The number of nitrogens with one attached hydrogen (secondary N) is 3. The second-order valence-electron chi connectivity index (χ2n) is 7.88. The van der Waals surface area contributed by atoms with E-state index in [1.807, 2.05) is 4.90 Å². The lowest BCUT2D eigenvalue weighted by molar-refractivity contribution is 0.122. The van der Waals surface area contributed by atoms with Gasteiger partial charge in [0.2, 0.25) is 0 Å². The van der Waals surface area contributed by atoms with Gasteiger partial charge < -0.3 is 20.3 Å². The summed E-state index contributed by atoms with van der Waals surface area (Å²) in [7, 11) is -3.98. The van der Waals surface area contributed by atoms with E-state index in [2.05, 4.69) is 15.4 Å². The Kier molecular flexibility index (Phi) is 9.08. The number of nitrogens with zero attached hydrogens (tertiary/aromatic N) is 1. The number of alkyl halides is 2. The number of ether oxygens (including phenoxy) is 1. The van der Waals surface area contributed by atoms with Crippen LogP contribution in [0.3, 0.4) is 0 Å². The predicted molar refractivity (Wildman–Crippen MR) is 150 cm³/mol. The number of sulfonamides is 1. The van der Waals surface area contributed by atoms with Gasteiger partial charge >= 0.3 is 0 Å². The molecule has 0 spiro atoms. The fourth-order valence-corrected chi connectivity index (χ4v) is 5.79. The minimum atomic E-state index is -3.98. The van der Waals surface area contributed by atoms with E-state index in [0.29, 0.717) is 70.7 Å². The predicted octanol–water partition coefficient (Wildman–Crippen LogP) is 6.10. The molecule has 196 valence electrons. The number of morpholine rings is 1. The highest BCUT2D eigenvalue weighted by Gasteiger charge is 2.24. The number of thiocarbonyl (C=S) groups is 1. The largest absolute Gasteiger partial charge is 0.378 e. The molecule has 37 heavy (non-hydrogen) atoms. The van der Waals surface area contributed by atoms with E-state index in [1.54, 1.807) is 60.7 Å². The molecule has 1 aliphatic heterocycles. The van der Waals surface area contributed by atoms with Gasteiger partial charge in [0.05, 0.1) is 18.9 Å². The SMILES string of the molecule is O=S(=O)(Nc1ccc(Cl)cc1)c1cc(NC(=S)Nc2ccc(SC(F)F)cc2)ccc1N1CCOCC1. The first-order valence-corrected chi connectivity index (χ1v) is 14.2. The molecule has 0 amide bonds. The van der Waals surface area contributed by atoms with Crippen LogP contribution in [0, 0.1) is 0 Å². The maximum Gasteiger partial charge on any atom is 0.288 e. The van der Waals surface area contributed by atoms with Gasteiger partial charge in [-0.15, -0.1) is 0 Å². The van der Waals surface area contributed by atoms with Gasteiger partial charge in [-0.2, -0.15) is 8.78 Å². The van der Waals surface area contributed by atoms with Crippen molar-refractivity contribution in [3.8, 4) is 0 Å². The summed E-state index contributed by atoms with van der Waals surface area (Å²) in [6.07, 6.45) is 0. The van der Waals surface area contributed by atoms with E-state index in [-0.39, 0.29) is 10.0 Å². The summed E-state index contributed by atoms with van der Waals surface area (Å²) >= 11 is 11.8. The summed E-state index contributed by atoms with van der Waals surface area (Å²) in [5.74, 6) is -2.50. The maximum atomic E-state index is 13.5. The average molecular weight is 585 g/mol. The molecule has 1 saturated heterocycles. The highest BCUT2D eigenvalue weighted by molar-refractivity contribution is 7.99. The highest BCUT2D eigenvalue weighted by atomic mass is 35.5. The summed E-state index contributed by atoms with van der Waals surface area (Å²) in [4.78, 5) is 2.46. The van der Waals surface area contributed by atoms with Crippen LogP contribution in [0.2, 0.25) is 5.02 Å². The molecule has 0 atom stereocenters. The van der Waals surface area contributed by atoms with Gasteiger partial charge in [0.15, 0.2) is 5.11 Å². The number of hydrogen-bond donors (Lipinski definition) is 3. The van der Waals surface area contributed by atoms with Crippen LogP contribution in [-0.4, -0.2) is 45.6 Å². The normalized spacial score (nSPS) is 13.9. The van der Waals surface area contributed by atoms with Crippen LogP contribution < -0.4 is 20.3 Å². The lowest BCUT2D eigenvalue weighted by Gasteiger charge is -2.30. The van der Waals surface area contributed by atoms with Gasteiger partial charge in [-0.3, -0.25) is 4.72 Å². The molecule has 0 bridgehead atoms. The third-order valence-electron chi connectivity index (χ3n) is 5.29. The summed E-state index contributed by atoms with van der Waals surface area (Å²) in [5.41, 5.74) is 1.97. The van der Waals surface area contributed by atoms with Crippen molar-refractivity contribution in [3.05, 3.63) is 71.8 Å². The standard InChI is InChI=1S/C24H23ClF2N4O3S3/c25-16-1-3-18(4-2-16)30-37(32,33)22-15-19(7-10-21(22)31-11-13-34-14-12-31)29-24(35)28-17-5-8-20(9-6-17)36-23(26)27/h1-10,15,23,30H,11-14H2,(H2,28,29,35). The summed E-state index contributed by atoms with van der Waals surface area (Å²) in [5, 5.41) is 6.67. The number of halogens is 3. The van der Waals surface area contributed by atoms with Gasteiger partial charge in [-0.05, 0) is 78.9 Å². The topological polar surface area (TPSA) is 82.7 Å². The molecule has 3 aromatic carbocycles. The van der Waals surface area contributed by atoms with E-state index in [1.165, 1.54) is 6.07 Å². The quantitative estimate of drug-likeness (QED) is 0.216. The molecule has 13 heteroatoms. The van der Waals surface area contributed by atoms with Crippen molar-refractivity contribution in [1.82, 2.24) is 0 Å². The fraction of sp³-hybridized carbons (Fsp3) is 0.208. The van der Waals surface area contributed by atoms with Crippen molar-refractivity contribution in [1.29, 1.82) is 0 Å². The molecule has 0 radical (unpaired) electrons. The Hall–Kier alpha value is -2.64. The zero-order valence-electron chi connectivity index (χ0n) is 19.3. The molecule has 3 N–H and O–H groups in total. The smallest absolute Gasteiger partial charge is 0.288 e. The van der Waals surface area contributed by atoms with Gasteiger partial charge in [-0.1, -0.05) is 23.4 Å². The van der Waals surface area contributed by atoms with Crippen molar-refractivity contribution >= 4 is 73.5 Å². The van der Waals surface area contributed by atoms with Crippen molar-refractivity contribution in [2.75, 3.05) is 46.6 Å². The number of rotatable bonds is 8. The first kappa shape index (κ1) is 27.4.